The van der Waals surface area contributed by atoms with E-state index in [-0.39, 0.29) is 16.6 Å². The first-order valence-corrected chi connectivity index (χ1v) is 7.63. The summed E-state index contributed by atoms with van der Waals surface area (Å²) in [6, 6.07) is 0. The van der Waals surface area contributed by atoms with Gasteiger partial charge in [0.1, 0.15) is 5.69 Å². The van der Waals surface area contributed by atoms with Crippen LogP contribution in [0.2, 0.25) is 5.15 Å². The number of piperazine rings is 1. The lowest BCUT2D eigenvalue weighted by atomic mass is 9.73. The number of nitrogen functional groups attached to an aromatic ring is 1. The van der Waals surface area contributed by atoms with Gasteiger partial charge in [-0.2, -0.15) is 9.97 Å². The van der Waals surface area contributed by atoms with Crippen molar-refractivity contribution in [3.8, 4) is 0 Å². The molecule has 2 amide bonds. The molecule has 1 aliphatic heterocycles. The van der Waals surface area contributed by atoms with Crippen molar-refractivity contribution in [1.29, 1.82) is 0 Å². The first-order valence-electron chi connectivity index (χ1n) is 7.25. The second-order valence-corrected chi connectivity index (χ2v) is 6.13. The number of aromatic nitrogens is 2. The van der Waals surface area contributed by atoms with E-state index in [9.17, 15) is 14.7 Å². The Balaban J connectivity index is 2.01. The minimum absolute atomic E-state index is 0.0107. The van der Waals surface area contributed by atoms with E-state index in [1.165, 1.54) is 4.90 Å². The van der Waals surface area contributed by atoms with Crippen LogP contribution in [-0.4, -0.2) is 57.7 Å². The molecule has 124 valence electrons. The SMILES string of the molecule is Nc1nc(Cl)c(NC=O)c(N2CCN(C(=O)O)CC23CCC3)n1. The fraction of sp³-hybridized carbons (Fsp3) is 0.538. The van der Waals surface area contributed by atoms with Gasteiger partial charge in [0.25, 0.3) is 0 Å². The third-order valence-corrected chi connectivity index (χ3v) is 4.80. The van der Waals surface area contributed by atoms with Gasteiger partial charge in [-0.05, 0) is 19.3 Å². The van der Waals surface area contributed by atoms with Gasteiger partial charge in [0.05, 0.1) is 5.54 Å². The predicted octanol–water partition coefficient (Wildman–Crippen LogP) is 1.00. The summed E-state index contributed by atoms with van der Waals surface area (Å²) >= 11 is 6.08. The fourth-order valence-electron chi connectivity index (χ4n) is 3.30. The number of nitrogens with two attached hydrogens (primary N) is 1. The normalized spacial score (nSPS) is 19.3. The molecule has 4 N–H and O–H groups in total. The molecule has 1 aromatic heterocycles. The highest BCUT2D eigenvalue weighted by molar-refractivity contribution is 6.33. The standard InChI is InChI=1S/C13H17ClN6O3/c14-9-8(16-7-21)10(18-11(15)17-9)20-5-4-19(12(22)23)6-13(20)2-1-3-13/h7H,1-6H2,(H,16,21)(H,22,23)(H2,15,17,18). The number of hydrogen-bond donors (Lipinski definition) is 3. The van der Waals surface area contributed by atoms with Crippen LogP contribution in [0.4, 0.5) is 22.2 Å². The summed E-state index contributed by atoms with van der Waals surface area (Å²) in [6.07, 6.45) is 2.28. The van der Waals surface area contributed by atoms with Crippen molar-refractivity contribution in [3.63, 3.8) is 0 Å². The van der Waals surface area contributed by atoms with Crippen LogP contribution in [0.15, 0.2) is 0 Å². The first kappa shape index (κ1) is 15.6. The van der Waals surface area contributed by atoms with Gasteiger partial charge in [-0.1, -0.05) is 11.6 Å². The van der Waals surface area contributed by atoms with Gasteiger partial charge in [0.15, 0.2) is 11.0 Å². The van der Waals surface area contributed by atoms with Crippen molar-refractivity contribution in [2.45, 2.75) is 24.8 Å². The summed E-state index contributed by atoms with van der Waals surface area (Å²) in [5.41, 5.74) is 5.66. The van der Waals surface area contributed by atoms with Gasteiger partial charge in [-0.25, -0.2) is 4.79 Å². The molecular formula is C13H17ClN6O3. The first-order chi connectivity index (χ1) is 11.0. The van der Waals surface area contributed by atoms with E-state index in [2.05, 4.69) is 15.3 Å². The largest absolute Gasteiger partial charge is 0.465 e. The Kier molecular flexibility index (Phi) is 3.88. The summed E-state index contributed by atoms with van der Waals surface area (Å²) in [7, 11) is 0. The minimum Gasteiger partial charge on any atom is -0.465 e. The van der Waals surface area contributed by atoms with Crippen LogP contribution in [0.5, 0.6) is 0 Å². The molecule has 1 spiro atoms. The number of nitrogens with one attached hydrogen (secondary N) is 1. The van der Waals surface area contributed by atoms with E-state index >= 15 is 0 Å². The third kappa shape index (κ3) is 2.61. The van der Waals surface area contributed by atoms with Gasteiger partial charge >= 0.3 is 6.09 Å². The van der Waals surface area contributed by atoms with Gasteiger partial charge in [-0.15, -0.1) is 0 Å². The summed E-state index contributed by atoms with van der Waals surface area (Å²) in [6.45, 7) is 1.19. The van der Waals surface area contributed by atoms with E-state index in [0.29, 0.717) is 37.5 Å². The zero-order valence-corrected chi connectivity index (χ0v) is 13.1. The number of carbonyl (C=O) groups excluding carboxylic acids is 1. The number of hydrogen-bond acceptors (Lipinski definition) is 6. The van der Waals surface area contributed by atoms with Gasteiger partial charge in [-0.3, -0.25) is 4.79 Å². The molecule has 0 bridgehead atoms. The molecule has 3 rings (SSSR count). The van der Waals surface area contributed by atoms with Gasteiger partial charge in [0.2, 0.25) is 12.4 Å². The summed E-state index contributed by atoms with van der Waals surface area (Å²) in [5, 5.41) is 11.8. The van der Waals surface area contributed by atoms with Crippen LogP contribution in [0.1, 0.15) is 19.3 Å². The Hall–Kier alpha value is -2.29. The molecule has 2 fully saturated rings. The summed E-state index contributed by atoms with van der Waals surface area (Å²) < 4.78 is 0. The smallest absolute Gasteiger partial charge is 0.407 e. The Morgan fingerprint density at radius 2 is 2.13 bits per heavy atom. The molecule has 2 heterocycles. The van der Waals surface area contributed by atoms with Crippen LogP contribution in [-0.2, 0) is 4.79 Å². The lowest BCUT2D eigenvalue weighted by Gasteiger charge is -2.56. The van der Waals surface area contributed by atoms with Crippen molar-refractivity contribution in [2.24, 2.45) is 0 Å². The van der Waals surface area contributed by atoms with Crippen molar-refractivity contribution < 1.29 is 14.7 Å². The van der Waals surface area contributed by atoms with E-state index in [1.54, 1.807) is 0 Å². The highest BCUT2D eigenvalue weighted by Crippen LogP contribution is 2.45. The zero-order chi connectivity index (χ0) is 16.6. The van der Waals surface area contributed by atoms with E-state index in [1.807, 2.05) is 4.90 Å². The van der Waals surface area contributed by atoms with Crippen molar-refractivity contribution in [3.05, 3.63) is 5.15 Å². The predicted molar refractivity (Wildman–Crippen MR) is 84.7 cm³/mol. The number of carbonyl (C=O) groups is 2. The fourth-order valence-corrected chi connectivity index (χ4v) is 3.53. The topological polar surface area (TPSA) is 125 Å². The average Bonchev–Trinajstić information content (AvgIpc) is 2.47. The second-order valence-electron chi connectivity index (χ2n) is 5.77. The maximum absolute atomic E-state index is 11.3. The maximum Gasteiger partial charge on any atom is 0.407 e. The molecule has 0 aromatic carbocycles. The van der Waals surface area contributed by atoms with Crippen LogP contribution in [0.3, 0.4) is 0 Å². The van der Waals surface area contributed by atoms with Crippen molar-refractivity contribution >= 4 is 41.6 Å². The molecule has 0 radical (unpaired) electrons. The van der Waals surface area contributed by atoms with Crippen molar-refractivity contribution in [2.75, 3.05) is 35.6 Å². The number of nitrogens with zero attached hydrogens (tertiary/aromatic N) is 4. The molecular weight excluding hydrogens is 324 g/mol. The molecule has 1 aromatic rings. The monoisotopic (exact) mass is 340 g/mol. The molecule has 10 heteroatoms. The van der Waals surface area contributed by atoms with Gasteiger partial charge in [0, 0.05) is 19.6 Å². The molecule has 23 heavy (non-hydrogen) atoms. The van der Waals surface area contributed by atoms with E-state index < -0.39 is 6.09 Å². The Labute approximate surface area is 137 Å². The molecule has 1 saturated heterocycles. The molecule has 0 atom stereocenters. The van der Waals surface area contributed by atoms with Gasteiger partial charge < -0.3 is 26.0 Å². The van der Waals surface area contributed by atoms with Crippen LogP contribution in [0, 0.1) is 0 Å². The lowest BCUT2D eigenvalue weighted by Crippen LogP contribution is -2.66. The number of anilines is 3. The third-order valence-electron chi connectivity index (χ3n) is 4.53. The summed E-state index contributed by atoms with van der Waals surface area (Å²) in [4.78, 5) is 33.7. The minimum atomic E-state index is -0.928. The van der Waals surface area contributed by atoms with Crippen molar-refractivity contribution in [1.82, 2.24) is 14.9 Å². The molecule has 9 nitrogen and oxygen atoms in total. The van der Waals surface area contributed by atoms with E-state index in [4.69, 9.17) is 17.3 Å². The van der Waals surface area contributed by atoms with Crippen LogP contribution >= 0.6 is 11.6 Å². The molecule has 2 aliphatic rings. The quantitative estimate of drug-likeness (QED) is 0.553. The number of rotatable bonds is 3. The Morgan fingerprint density at radius 3 is 2.70 bits per heavy atom. The Morgan fingerprint density at radius 1 is 1.39 bits per heavy atom. The number of carboxylic acid groups (broad SMARTS) is 1. The molecule has 1 saturated carbocycles. The molecule has 1 aliphatic carbocycles. The Bertz CT molecular complexity index is 651. The summed E-state index contributed by atoms with van der Waals surface area (Å²) in [5.74, 6) is 0.455. The lowest BCUT2D eigenvalue weighted by molar-refractivity contribution is -0.105. The second kappa shape index (κ2) is 5.73. The maximum atomic E-state index is 11.3. The highest BCUT2D eigenvalue weighted by Gasteiger charge is 2.48. The van der Waals surface area contributed by atoms with E-state index in [0.717, 1.165) is 19.3 Å². The number of amides is 2. The highest BCUT2D eigenvalue weighted by atomic mass is 35.5. The van der Waals surface area contributed by atoms with Crippen LogP contribution in [0.25, 0.3) is 0 Å². The molecule has 0 unspecified atom stereocenters. The van der Waals surface area contributed by atoms with Crippen LogP contribution < -0.4 is 16.0 Å². The average molecular weight is 341 g/mol. The zero-order valence-electron chi connectivity index (χ0n) is 12.3. The number of halogens is 1.